The molecule has 0 spiro atoms. The van der Waals surface area contributed by atoms with Gasteiger partial charge >= 0.3 is 0 Å². The summed E-state index contributed by atoms with van der Waals surface area (Å²) in [6.45, 7) is 2.98. The van der Waals surface area contributed by atoms with Gasteiger partial charge in [0.15, 0.2) is 0 Å². The van der Waals surface area contributed by atoms with Crippen molar-refractivity contribution in [2.45, 2.75) is 25.8 Å². The topological polar surface area (TPSA) is 27.1 Å². The zero-order valence-electron chi connectivity index (χ0n) is 7.85. The van der Waals surface area contributed by atoms with Gasteiger partial charge in [0.05, 0.1) is 6.33 Å². The lowest BCUT2D eigenvalue weighted by Crippen LogP contribution is -2.09. The van der Waals surface area contributed by atoms with E-state index in [0.717, 1.165) is 25.7 Å². The minimum absolute atomic E-state index is 0.775. The number of nitrogens with zero attached hydrogens (tertiary/aromatic N) is 2. The van der Waals surface area contributed by atoms with E-state index in [-0.39, 0.29) is 0 Å². The highest BCUT2D eigenvalue weighted by Gasteiger charge is 2.12. The van der Waals surface area contributed by atoms with E-state index >= 15 is 0 Å². The summed E-state index contributed by atoms with van der Waals surface area (Å²) in [6.07, 6.45) is 9.46. The maximum absolute atomic E-state index is 5.42. The van der Waals surface area contributed by atoms with Gasteiger partial charge in [-0.1, -0.05) is 0 Å². The molecule has 1 aromatic rings. The lowest BCUT2D eigenvalue weighted by Gasteiger charge is -2.13. The molecule has 3 heteroatoms. The Morgan fingerprint density at radius 1 is 1.38 bits per heavy atom. The normalized spacial score (nSPS) is 24.2. The minimum Gasteiger partial charge on any atom is -0.381 e. The third-order valence-corrected chi connectivity index (χ3v) is 2.60. The average Bonchev–Trinajstić information content (AvgIpc) is 2.49. The molecule has 3 nitrogen and oxygen atoms in total. The molecule has 2 rings (SSSR count). The molecule has 2 heterocycles. The molecule has 0 radical (unpaired) electrons. The zero-order chi connectivity index (χ0) is 8.93. The van der Waals surface area contributed by atoms with Gasteiger partial charge in [0, 0.05) is 32.2 Å². The summed E-state index contributed by atoms with van der Waals surface area (Å²) >= 11 is 0. The number of imidazole rings is 1. The number of rotatable bonds is 2. The van der Waals surface area contributed by atoms with Crippen molar-refractivity contribution in [3.8, 4) is 0 Å². The molecule has 72 valence electrons. The standard InChI is InChI=1S/C10H16N2O/c1-2-10(3-7-13-6-1)8-12-5-4-11-9-12/h4-5,9-10H,1-3,6-8H2. The van der Waals surface area contributed by atoms with Gasteiger partial charge in [0.2, 0.25) is 0 Å². The van der Waals surface area contributed by atoms with Crippen molar-refractivity contribution in [1.29, 1.82) is 0 Å². The summed E-state index contributed by atoms with van der Waals surface area (Å²) in [7, 11) is 0. The monoisotopic (exact) mass is 180 g/mol. The Labute approximate surface area is 78.7 Å². The lowest BCUT2D eigenvalue weighted by atomic mass is 10.0. The second kappa shape index (κ2) is 4.42. The summed E-state index contributed by atoms with van der Waals surface area (Å²) in [5.41, 5.74) is 0. The average molecular weight is 180 g/mol. The van der Waals surface area contributed by atoms with E-state index in [1.807, 2.05) is 18.7 Å². The van der Waals surface area contributed by atoms with Gasteiger partial charge in [-0.2, -0.15) is 0 Å². The van der Waals surface area contributed by atoms with Gasteiger partial charge in [-0.3, -0.25) is 0 Å². The molecule has 1 unspecified atom stereocenters. The Morgan fingerprint density at radius 3 is 3.23 bits per heavy atom. The van der Waals surface area contributed by atoms with Crippen molar-refractivity contribution >= 4 is 0 Å². The molecule has 0 N–H and O–H groups in total. The molecular formula is C10H16N2O. The lowest BCUT2D eigenvalue weighted by molar-refractivity contribution is 0.140. The highest BCUT2D eigenvalue weighted by molar-refractivity contribution is 4.76. The minimum atomic E-state index is 0.775. The van der Waals surface area contributed by atoms with Crippen LogP contribution in [0.3, 0.4) is 0 Å². The first-order valence-corrected chi connectivity index (χ1v) is 4.98. The molecule has 1 saturated heterocycles. The molecule has 1 fully saturated rings. The number of aromatic nitrogens is 2. The fourth-order valence-electron chi connectivity index (χ4n) is 1.85. The van der Waals surface area contributed by atoms with E-state index in [0.29, 0.717) is 0 Å². The molecule has 0 aliphatic carbocycles. The smallest absolute Gasteiger partial charge is 0.0945 e. The molecule has 0 aromatic carbocycles. The molecule has 13 heavy (non-hydrogen) atoms. The third kappa shape index (κ3) is 2.56. The maximum Gasteiger partial charge on any atom is 0.0945 e. The van der Waals surface area contributed by atoms with Crippen molar-refractivity contribution in [1.82, 2.24) is 9.55 Å². The van der Waals surface area contributed by atoms with Crippen LogP contribution in [0.4, 0.5) is 0 Å². The fraction of sp³-hybridized carbons (Fsp3) is 0.700. The first kappa shape index (κ1) is 8.75. The SMILES string of the molecule is c1cn(CC2CCCOCC2)cn1. The first-order valence-electron chi connectivity index (χ1n) is 4.98. The Morgan fingerprint density at radius 2 is 2.38 bits per heavy atom. The maximum atomic E-state index is 5.42. The van der Waals surface area contributed by atoms with Crippen molar-refractivity contribution in [3.63, 3.8) is 0 Å². The van der Waals surface area contributed by atoms with Gasteiger partial charge in [0.1, 0.15) is 0 Å². The van der Waals surface area contributed by atoms with Crippen LogP contribution in [-0.4, -0.2) is 22.8 Å². The van der Waals surface area contributed by atoms with Crippen molar-refractivity contribution < 1.29 is 4.74 Å². The van der Waals surface area contributed by atoms with Crippen LogP contribution in [0.5, 0.6) is 0 Å². The summed E-state index contributed by atoms with van der Waals surface area (Å²) in [5, 5.41) is 0. The van der Waals surface area contributed by atoms with Crippen LogP contribution in [0.2, 0.25) is 0 Å². The van der Waals surface area contributed by atoms with Gasteiger partial charge in [-0.05, 0) is 25.2 Å². The molecular weight excluding hydrogens is 164 g/mol. The van der Waals surface area contributed by atoms with E-state index in [2.05, 4.69) is 9.55 Å². The summed E-state index contributed by atoms with van der Waals surface area (Å²) in [6, 6.07) is 0. The second-order valence-electron chi connectivity index (χ2n) is 3.67. The van der Waals surface area contributed by atoms with E-state index in [4.69, 9.17) is 4.74 Å². The quantitative estimate of drug-likeness (QED) is 0.692. The molecule has 0 bridgehead atoms. The Hall–Kier alpha value is -0.830. The van der Waals surface area contributed by atoms with Crippen molar-refractivity contribution in [2.75, 3.05) is 13.2 Å². The predicted octanol–water partition coefficient (Wildman–Crippen LogP) is 1.70. The predicted molar refractivity (Wildman–Crippen MR) is 50.4 cm³/mol. The molecule has 0 saturated carbocycles. The van der Waals surface area contributed by atoms with Crippen LogP contribution in [0.1, 0.15) is 19.3 Å². The van der Waals surface area contributed by atoms with Gasteiger partial charge in [-0.25, -0.2) is 4.98 Å². The molecule has 1 aliphatic rings. The number of hydrogen-bond acceptors (Lipinski definition) is 2. The van der Waals surface area contributed by atoms with E-state index in [9.17, 15) is 0 Å². The fourth-order valence-corrected chi connectivity index (χ4v) is 1.85. The largest absolute Gasteiger partial charge is 0.381 e. The van der Waals surface area contributed by atoms with E-state index < -0.39 is 0 Å². The summed E-state index contributed by atoms with van der Waals surface area (Å²) in [4.78, 5) is 4.04. The molecule has 1 aliphatic heterocycles. The van der Waals surface area contributed by atoms with Crippen LogP contribution < -0.4 is 0 Å². The van der Waals surface area contributed by atoms with Crippen molar-refractivity contribution in [2.24, 2.45) is 5.92 Å². The van der Waals surface area contributed by atoms with Crippen LogP contribution in [-0.2, 0) is 11.3 Å². The molecule has 1 atom stereocenters. The Balaban J connectivity index is 1.86. The highest BCUT2D eigenvalue weighted by Crippen LogP contribution is 2.17. The number of ether oxygens (including phenoxy) is 1. The van der Waals surface area contributed by atoms with E-state index in [1.165, 1.54) is 19.3 Å². The Bertz CT molecular complexity index is 225. The van der Waals surface area contributed by atoms with E-state index in [1.54, 1.807) is 0 Å². The molecule has 0 amide bonds. The van der Waals surface area contributed by atoms with Crippen LogP contribution in [0.25, 0.3) is 0 Å². The summed E-state index contributed by atoms with van der Waals surface area (Å²) < 4.78 is 7.58. The van der Waals surface area contributed by atoms with Gasteiger partial charge in [0.25, 0.3) is 0 Å². The first-order chi connectivity index (χ1) is 6.45. The van der Waals surface area contributed by atoms with Crippen LogP contribution >= 0.6 is 0 Å². The third-order valence-electron chi connectivity index (χ3n) is 2.60. The zero-order valence-corrected chi connectivity index (χ0v) is 7.85. The highest BCUT2D eigenvalue weighted by atomic mass is 16.5. The van der Waals surface area contributed by atoms with Crippen LogP contribution in [0.15, 0.2) is 18.7 Å². The number of hydrogen-bond donors (Lipinski definition) is 0. The van der Waals surface area contributed by atoms with Gasteiger partial charge in [-0.15, -0.1) is 0 Å². The van der Waals surface area contributed by atoms with Crippen molar-refractivity contribution in [3.05, 3.63) is 18.7 Å². The van der Waals surface area contributed by atoms with Gasteiger partial charge < -0.3 is 9.30 Å². The Kier molecular flexibility index (Phi) is 2.98. The summed E-state index contributed by atoms with van der Waals surface area (Å²) in [5.74, 6) is 0.775. The second-order valence-corrected chi connectivity index (χ2v) is 3.67. The molecule has 1 aromatic heterocycles. The van der Waals surface area contributed by atoms with Crippen LogP contribution in [0, 0.1) is 5.92 Å².